The Labute approximate surface area is 93.9 Å². The molecule has 0 aromatic heterocycles. The Morgan fingerprint density at radius 2 is 2.15 bits per heavy atom. The van der Waals surface area contributed by atoms with Gasteiger partial charge in [0.15, 0.2) is 0 Å². The molecule has 0 spiro atoms. The van der Waals surface area contributed by atoms with E-state index in [0.29, 0.717) is 0 Å². The van der Waals surface area contributed by atoms with Gasteiger partial charge in [-0.1, -0.05) is 48.4 Å². The van der Waals surface area contributed by atoms with Gasteiger partial charge in [-0.25, -0.2) is 4.79 Å². The van der Waals surface area contributed by atoms with Gasteiger partial charge in [-0.15, -0.1) is 0 Å². The van der Waals surface area contributed by atoms with E-state index in [0.717, 1.165) is 22.8 Å². The van der Waals surface area contributed by atoms with Crippen LogP contribution in [0.2, 0.25) is 0 Å². The lowest BCUT2D eigenvalue weighted by Gasteiger charge is -2.00. The molecule has 0 aliphatic carbocycles. The molecule has 13 heavy (non-hydrogen) atoms. The van der Waals surface area contributed by atoms with E-state index in [4.69, 9.17) is 0 Å². The van der Waals surface area contributed by atoms with Crippen molar-refractivity contribution in [1.29, 1.82) is 0 Å². The highest BCUT2D eigenvalue weighted by molar-refractivity contribution is 14.1. The molecule has 0 rings (SSSR count). The van der Waals surface area contributed by atoms with E-state index in [1.54, 1.807) is 0 Å². The molecule has 3 heteroatoms. The maximum atomic E-state index is 11.1. The van der Waals surface area contributed by atoms with Gasteiger partial charge in [-0.05, 0) is 12.8 Å². The molecule has 0 aromatic carbocycles. The summed E-state index contributed by atoms with van der Waals surface area (Å²) in [6, 6.07) is 0. The zero-order valence-corrected chi connectivity index (χ0v) is 10.5. The number of alkyl halides is 1. The standard InChI is InChI=1S/C10H17IO2/c1-3-4-5-6-7-9(8-11)10(12)13-2/h7H,3-6,8H2,1-2H3/b9-7+. The number of methoxy groups -OCH3 is 1. The number of carbonyl (C=O) groups excluding carboxylic acids is 1. The first-order valence-electron chi connectivity index (χ1n) is 4.59. The van der Waals surface area contributed by atoms with E-state index < -0.39 is 0 Å². The normalized spacial score (nSPS) is 11.5. The molecule has 76 valence electrons. The van der Waals surface area contributed by atoms with Gasteiger partial charge in [0.1, 0.15) is 0 Å². The number of unbranched alkanes of at least 4 members (excludes halogenated alkanes) is 3. The second-order valence-electron chi connectivity index (χ2n) is 2.85. The fourth-order valence-electron chi connectivity index (χ4n) is 0.994. The summed E-state index contributed by atoms with van der Waals surface area (Å²) in [5, 5.41) is 0. The SMILES string of the molecule is CCCCC/C=C(\CI)C(=O)OC. The Morgan fingerprint density at radius 1 is 1.46 bits per heavy atom. The second-order valence-corrected chi connectivity index (χ2v) is 3.61. The van der Waals surface area contributed by atoms with Crippen LogP contribution in [0.4, 0.5) is 0 Å². The van der Waals surface area contributed by atoms with Crippen molar-refractivity contribution in [2.24, 2.45) is 0 Å². The van der Waals surface area contributed by atoms with Crippen LogP contribution in [0.1, 0.15) is 32.6 Å². The van der Waals surface area contributed by atoms with E-state index in [9.17, 15) is 4.79 Å². The molecule has 0 aromatic rings. The lowest BCUT2D eigenvalue weighted by Crippen LogP contribution is -2.05. The van der Waals surface area contributed by atoms with Crippen LogP contribution in [-0.2, 0) is 9.53 Å². The van der Waals surface area contributed by atoms with Crippen LogP contribution in [-0.4, -0.2) is 17.5 Å². The lowest BCUT2D eigenvalue weighted by molar-refractivity contribution is -0.135. The number of ether oxygens (including phenoxy) is 1. The van der Waals surface area contributed by atoms with Gasteiger partial charge >= 0.3 is 5.97 Å². The van der Waals surface area contributed by atoms with Crippen LogP contribution < -0.4 is 0 Å². The van der Waals surface area contributed by atoms with Crippen LogP contribution in [0.5, 0.6) is 0 Å². The second kappa shape index (κ2) is 8.53. The van der Waals surface area contributed by atoms with E-state index >= 15 is 0 Å². The van der Waals surface area contributed by atoms with Crippen LogP contribution in [0.25, 0.3) is 0 Å². The number of hydrogen-bond donors (Lipinski definition) is 0. The number of halogens is 1. The fourth-order valence-corrected chi connectivity index (χ4v) is 1.62. The van der Waals surface area contributed by atoms with Crippen LogP contribution in [0.15, 0.2) is 11.6 Å². The van der Waals surface area contributed by atoms with Gasteiger partial charge in [0, 0.05) is 10.0 Å². The molecule has 0 amide bonds. The fraction of sp³-hybridized carbons (Fsp3) is 0.700. The first-order chi connectivity index (χ1) is 6.26. The molecule has 0 aliphatic rings. The summed E-state index contributed by atoms with van der Waals surface area (Å²) >= 11 is 2.18. The number of rotatable bonds is 6. The first kappa shape index (κ1) is 12.9. The van der Waals surface area contributed by atoms with Crippen molar-refractivity contribution >= 4 is 28.6 Å². The van der Waals surface area contributed by atoms with Crippen LogP contribution in [0, 0.1) is 0 Å². The number of esters is 1. The summed E-state index contributed by atoms with van der Waals surface area (Å²) in [7, 11) is 1.43. The summed E-state index contributed by atoms with van der Waals surface area (Å²) in [5.74, 6) is -0.189. The molecule has 0 heterocycles. The monoisotopic (exact) mass is 296 g/mol. The third-order valence-corrected chi connectivity index (χ3v) is 2.61. The molecule has 0 saturated carbocycles. The van der Waals surface area contributed by atoms with Gasteiger partial charge < -0.3 is 4.74 Å². The lowest BCUT2D eigenvalue weighted by atomic mass is 10.1. The highest BCUT2D eigenvalue weighted by atomic mass is 127. The molecular formula is C10H17IO2. The Balaban J connectivity index is 3.85. The van der Waals surface area contributed by atoms with Gasteiger partial charge in [0.2, 0.25) is 0 Å². The highest BCUT2D eigenvalue weighted by Crippen LogP contribution is 2.07. The summed E-state index contributed by atoms with van der Waals surface area (Å²) in [4.78, 5) is 11.1. The minimum Gasteiger partial charge on any atom is -0.466 e. The Kier molecular flexibility index (Phi) is 8.49. The molecule has 0 radical (unpaired) electrons. The van der Waals surface area contributed by atoms with Crippen molar-refractivity contribution in [3.05, 3.63) is 11.6 Å². The van der Waals surface area contributed by atoms with Crippen molar-refractivity contribution < 1.29 is 9.53 Å². The molecule has 0 N–H and O–H groups in total. The van der Waals surface area contributed by atoms with E-state index in [2.05, 4.69) is 34.3 Å². The zero-order chi connectivity index (χ0) is 10.1. The minimum absolute atomic E-state index is 0.189. The summed E-state index contributed by atoms with van der Waals surface area (Å²) < 4.78 is 5.38. The van der Waals surface area contributed by atoms with Gasteiger partial charge in [-0.2, -0.15) is 0 Å². The predicted octanol–water partition coefficient (Wildman–Crippen LogP) is 3.10. The molecule has 0 atom stereocenters. The van der Waals surface area contributed by atoms with E-state index in [1.807, 2.05) is 6.08 Å². The quantitative estimate of drug-likeness (QED) is 0.247. The molecule has 0 saturated heterocycles. The predicted molar refractivity (Wildman–Crippen MR) is 63.1 cm³/mol. The average Bonchev–Trinajstić information content (AvgIpc) is 2.17. The minimum atomic E-state index is -0.189. The van der Waals surface area contributed by atoms with Crippen molar-refractivity contribution in [1.82, 2.24) is 0 Å². The van der Waals surface area contributed by atoms with Crippen molar-refractivity contribution in [3.8, 4) is 0 Å². The maximum Gasteiger partial charge on any atom is 0.334 e. The topological polar surface area (TPSA) is 26.3 Å². The van der Waals surface area contributed by atoms with Gasteiger partial charge in [-0.3, -0.25) is 0 Å². The zero-order valence-electron chi connectivity index (χ0n) is 8.31. The molecule has 0 unspecified atom stereocenters. The third-order valence-electron chi connectivity index (χ3n) is 1.79. The van der Waals surface area contributed by atoms with Gasteiger partial charge in [0.05, 0.1) is 7.11 Å². The number of hydrogen-bond acceptors (Lipinski definition) is 2. The third kappa shape index (κ3) is 6.07. The Morgan fingerprint density at radius 3 is 2.62 bits per heavy atom. The van der Waals surface area contributed by atoms with Crippen LogP contribution >= 0.6 is 22.6 Å². The maximum absolute atomic E-state index is 11.1. The van der Waals surface area contributed by atoms with Crippen LogP contribution in [0.3, 0.4) is 0 Å². The largest absolute Gasteiger partial charge is 0.466 e. The number of allylic oxidation sites excluding steroid dienone is 1. The van der Waals surface area contributed by atoms with Crippen molar-refractivity contribution in [2.75, 3.05) is 11.5 Å². The Bertz CT molecular complexity index is 176. The van der Waals surface area contributed by atoms with E-state index in [1.165, 1.54) is 20.0 Å². The first-order valence-corrected chi connectivity index (χ1v) is 6.12. The summed E-state index contributed by atoms with van der Waals surface area (Å²) in [6.07, 6.45) is 6.58. The summed E-state index contributed by atoms with van der Waals surface area (Å²) in [5.41, 5.74) is 0.791. The van der Waals surface area contributed by atoms with Gasteiger partial charge in [0.25, 0.3) is 0 Å². The molecular weight excluding hydrogens is 279 g/mol. The smallest absolute Gasteiger partial charge is 0.334 e. The van der Waals surface area contributed by atoms with E-state index in [-0.39, 0.29) is 5.97 Å². The van der Waals surface area contributed by atoms with Crippen molar-refractivity contribution in [3.63, 3.8) is 0 Å². The average molecular weight is 296 g/mol. The molecule has 0 aliphatic heterocycles. The molecule has 2 nitrogen and oxygen atoms in total. The van der Waals surface area contributed by atoms with Crippen molar-refractivity contribution in [2.45, 2.75) is 32.6 Å². The number of carbonyl (C=O) groups is 1. The Hall–Kier alpha value is -0.0600. The summed E-state index contributed by atoms with van der Waals surface area (Å²) in [6.45, 7) is 2.17. The highest BCUT2D eigenvalue weighted by Gasteiger charge is 2.05. The molecule has 0 bridgehead atoms. The molecule has 0 fully saturated rings.